The number of carbonyl (C=O) groups is 1. The first-order valence-electron chi connectivity index (χ1n) is 7.28. The third-order valence-electron chi connectivity index (χ3n) is 6.00. The van der Waals surface area contributed by atoms with Crippen molar-refractivity contribution in [1.82, 2.24) is 4.98 Å². The maximum absolute atomic E-state index is 12.3. The van der Waals surface area contributed by atoms with Crippen molar-refractivity contribution in [3.8, 4) is 0 Å². The van der Waals surface area contributed by atoms with Crippen molar-refractivity contribution in [2.24, 2.45) is 16.7 Å². The highest BCUT2D eigenvalue weighted by Gasteiger charge is 2.62. The predicted molar refractivity (Wildman–Crippen MR) is 82.7 cm³/mol. The summed E-state index contributed by atoms with van der Waals surface area (Å²) in [6, 6.07) is 1.51. The zero-order valence-electron chi connectivity index (χ0n) is 12.5. The molecule has 0 spiro atoms. The first-order chi connectivity index (χ1) is 9.75. The maximum atomic E-state index is 12.3. The van der Waals surface area contributed by atoms with Gasteiger partial charge in [-0.1, -0.05) is 44.0 Å². The van der Waals surface area contributed by atoms with E-state index in [0.717, 1.165) is 12.8 Å². The minimum atomic E-state index is -0.365. The van der Waals surface area contributed by atoms with Crippen molar-refractivity contribution in [3.63, 3.8) is 0 Å². The SMILES string of the molecule is CC1(C)C2CCC1(C)C(OC(=O)c1cnc(Cl)c(Cl)c1)C2. The standard InChI is InChI=1S/C16H19Cl2NO2/c1-15(2)10-4-5-16(15,3)12(7-10)21-14(20)9-6-11(17)13(18)19-8-9/h6,8,10,12H,4-5,7H2,1-3H3. The lowest BCUT2D eigenvalue weighted by atomic mass is 9.70. The highest BCUT2D eigenvalue weighted by molar-refractivity contribution is 6.41. The van der Waals surface area contributed by atoms with E-state index in [1.807, 2.05) is 0 Å². The van der Waals surface area contributed by atoms with Crippen LogP contribution in [-0.2, 0) is 4.74 Å². The Hall–Kier alpha value is -0.800. The fourth-order valence-corrected chi connectivity index (χ4v) is 4.31. The average molecular weight is 328 g/mol. The molecule has 21 heavy (non-hydrogen) atoms. The Balaban J connectivity index is 1.79. The van der Waals surface area contributed by atoms with Crippen molar-refractivity contribution in [3.05, 3.63) is 28.0 Å². The summed E-state index contributed by atoms with van der Waals surface area (Å²) in [5.41, 5.74) is 0.624. The van der Waals surface area contributed by atoms with Crippen molar-refractivity contribution >= 4 is 29.2 Å². The van der Waals surface area contributed by atoms with Crippen molar-refractivity contribution < 1.29 is 9.53 Å². The number of pyridine rings is 1. The first kappa shape index (κ1) is 15.1. The molecule has 5 heteroatoms. The fraction of sp³-hybridized carbons (Fsp3) is 0.625. The molecule has 2 bridgehead atoms. The smallest absolute Gasteiger partial charge is 0.340 e. The van der Waals surface area contributed by atoms with E-state index >= 15 is 0 Å². The number of fused-ring (bicyclic) bond motifs is 2. The van der Waals surface area contributed by atoms with Crippen LogP contribution in [0.25, 0.3) is 0 Å². The van der Waals surface area contributed by atoms with Gasteiger partial charge in [0.05, 0.1) is 10.6 Å². The molecule has 0 saturated heterocycles. The van der Waals surface area contributed by atoms with Crippen LogP contribution in [-0.4, -0.2) is 17.1 Å². The number of hydrogen-bond acceptors (Lipinski definition) is 3. The summed E-state index contributed by atoms with van der Waals surface area (Å²) in [7, 11) is 0. The molecule has 1 aromatic heterocycles. The molecule has 2 aliphatic carbocycles. The van der Waals surface area contributed by atoms with Crippen LogP contribution in [0.1, 0.15) is 50.4 Å². The fourth-order valence-electron chi connectivity index (χ4n) is 4.04. The van der Waals surface area contributed by atoms with Crippen LogP contribution >= 0.6 is 23.2 Å². The average Bonchev–Trinajstić information content (AvgIpc) is 2.75. The lowest BCUT2D eigenvalue weighted by Crippen LogP contribution is -2.38. The van der Waals surface area contributed by atoms with Gasteiger partial charge in [0.25, 0.3) is 0 Å². The van der Waals surface area contributed by atoms with Crippen LogP contribution in [0.3, 0.4) is 0 Å². The summed E-state index contributed by atoms with van der Waals surface area (Å²) in [5, 5.41) is 0.465. The Morgan fingerprint density at radius 2 is 2.10 bits per heavy atom. The van der Waals surface area contributed by atoms with Crippen LogP contribution in [0, 0.1) is 16.7 Å². The molecule has 0 amide bonds. The van der Waals surface area contributed by atoms with Gasteiger partial charge < -0.3 is 4.74 Å². The van der Waals surface area contributed by atoms with Gasteiger partial charge in [-0.05, 0) is 36.7 Å². The van der Waals surface area contributed by atoms with Crippen LogP contribution in [0.2, 0.25) is 10.2 Å². The van der Waals surface area contributed by atoms with E-state index in [4.69, 9.17) is 27.9 Å². The summed E-state index contributed by atoms with van der Waals surface area (Å²) in [6.07, 6.45) is 4.67. The molecular formula is C16H19Cl2NO2. The monoisotopic (exact) mass is 327 g/mol. The van der Waals surface area contributed by atoms with Crippen LogP contribution in [0.5, 0.6) is 0 Å². The second kappa shape index (κ2) is 4.85. The minimum Gasteiger partial charge on any atom is -0.458 e. The van der Waals surface area contributed by atoms with Gasteiger partial charge in [-0.15, -0.1) is 0 Å². The van der Waals surface area contributed by atoms with Gasteiger partial charge >= 0.3 is 5.97 Å². The molecule has 0 aromatic carbocycles. The van der Waals surface area contributed by atoms with Gasteiger partial charge in [-0.3, -0.25) is 0 Å². The Morgan fingerprint density at radius 3 is 2.62 bits per heavy atom. The molecule has 3 rings (SSSR count). The van der Waals surface area contributed by atoms with Gasteiger partial charge in [0.1, 0.15) is 11.3 Å². The van der Waals surface area contributed by atoms with Crippen molar-refractivity contribution in [2.75, 3.05) is 0 Å². The number of carbonyl (C=O) groups excluding carboxylic acids is 1. The first-order valence-corrected chi connectivity index (χ1v) is 8.03. The summed E-state index contributed by atoms with van der Waals surface area (Å²) in [4.78, 5) is 16.2. The topological polar surface area (TPSA) is 39.2 Å². The molecule has 3 unspecified atom stereocenters. The van der Waals surface area contributed by atoms with Gasteiger partial charge in [-0.2, -0.15) is 0 Å². The third-order valence-corrected chi connectivity index (χ3v) is 6.68. The van der Waals surface area contributed by atoms with E-state index in [0.29, 0.717) is 11.5 Å². The molecule has 3 atom stereocenters. The summed E-state index contributed by atoms with van der Waals surface area (Å²) >= 11 is 11.7. The predicted octanol–water partition coefficient (Wildman–Crippen LogP) is 4.76. The molecule has 0 radical (unpaired) electrons. The second-order valence-electron chi connectivity index (χ2n) is 7.00. The minimum absolute atomic E-state index is 0.0341. The summed E-state index contributed by atoms with van der Waals surface area (Å²) < 4.78 is 5.78. The second-order valence-corrected chi connectivity index (χ2v) is 7.77. The van der Waals surface area contributed by atoms with E-state index < -0.39 is 0 Å². The normalized spacial score (nSPS) is 33.2. The number of halogens is 2. The number of hydrogen-bond donors (Lipinski definition) is 0. The molecule has 0 aliphatic heterocycles. The zero-order chi connectivity index (χ0) is 15.4. The summed E-state index contributed by atoms with van der Waals surface area (Å²) in [5.74, 6) is 0.267. The van der Waals surface area contributed by atoms with Gasteiger partial charge in [0, 0.05) is 11.6 Å². The maximum Gasteiger partial charge on any atom is 0.340 e. The van der Waals surface area contributed by atoms with Crippen LogP contribution in [0.15, 0.2) is 12.3 Å². The Bertz CT molecular complexity index is 602. The van der Waals surface area contributed by atoms with Crippen molar-refractivity contribution in [1.29, 1.82) is 0 Å². The highest BCUT2D eigenvalue weighted by atomic mass is 35.5. The molecule has 0 N–H and O–H groups in total. The molecule has 3 nitrogen and oxygen atoms in total. The number of ether oxygens (including phenoxy) is 1. The zero-order valence-corrected chi connectivity index (χ0v) is 14.0. The van der Waals surface area contributed by atoms with Gasteiger partial charge in [-0.25, -0.2) is 9.78 Å². The number of aromatic nitrogens is 1. The molecule has 2 aliphatic rings. The molecule has 114 valence electrons. The largest absolute Gasteiger partial charge is 0.458 e. The van der Waals surface area contributed by atoms with E-state index in [9.17, 15) is 4.79 Å². The van der Waals surface area contributed by atoms with Gasteiger partial charge in [0.2, 0.25) is 0 Å². The van der Waals surface area contributed by atoms with Crippen LogP contribution < -0.4 is 0 Å². The number of nitrogens with zero attached hydrogens (tertiary/aromatic N) is 1. The Morgan fingerprint density at radius 1 is 1.38 bits per heavy atom. The Labute approximate surface area is 135 Å². The quantitative estimate of drug-likeness (QED) is 0.580. The lowest BCUT2D eigenvalue weighted by Gasteiger charge is -2.38. The molecule has 2 saturated carbocycles. The summed E-state index contributed by atoms with van der Waals surface area (Å²) in [6.45, 7) is 6.82. The van der Waals surface area contributed by atoms with E-state index in [-0.39, 0.29) is 33.1 Å². The lowest BCUT2D eigenvalue weighted by molar-refractivity contribution is -0.0242. The van der Waals surface area contributed by atoms with Crippen molar-refractivity contribution in [2.45, 2.75) is 46.1 Å². The molecule has 2 fully saturated rings. The molecule has 1 aromatic rings. The molecular weight excluding hydrogens is 309 g/mol. The van der Waals surface area contributed by atoms with E-state index in [2.05, 4.69) is 25.8 Å². The number of rotatable bonds is 2. The van der Waals surface area contributed by atoms with E-state index in [1.165, 1.54) is 18.7 Å². The van der Waals surface area contributed by atoms with Crippen LogP contribution in [0.4, 0.5) is 0 Å². The van der Waals surface area contributed by atoms with E-state index in [1.54, 1.807) is 0 Å². The van der Waals surface area contributed by atoms with Gasteiger partial charge in [0.15, 0.2) is 0 Å². The third kappa shape index (κ3) is 2.17. The highest BCUT2D eigenvalue weighted by Crippen LogP contribution is 2.66. The molecule has 1 heterocycles. The number of esters is 1. The Kier molecular flexibility index (Phi) is 3.49.